The predicted molar refractivity (Wildman–Crippen MR) is 38.5 cm³/mol. The average molecular weight is 135 g/mol. The fourth-order valence-electron chi connectivity index (χ4n) is 0.651. The summed E-state index contributed by atoms with van der Waals surface area (Å²) in [5.41, 5.74) is 0. The largest absolute Gasteiger partial charge is 0.222 e. The maximum Gasteiger partial charge on any atom is 0.136 e. The molecule has 0 saturated carbocycles. The number of aryl methyl sites for hydroxylation is 1. The van der Waals surface area contributed by atoms with Crippen LogP contribution >= 0.6 is 0 Å². The van der Waals surface area contributed by atoms with Crippen molar-refractivity contribution in [3.05, 3.63) is 30.6 Å². The van der Waals surface area contributed by atoms with Gasteiger partial charge < -0.3 is 0 Å². The van der Waals surface area contributed by atoms with Crippen molar-refractivity contribution < 1.29 is 0 Å². The molecule has 1 heterocycles. The van der Waals surface area contributed by atoms with E-state index in [1.807, 2.05) is 6.92 Å². The van der Waals surface area contributed by atoms with Crippen molar-refractivity contribution in [1.82, 2.24) is 15.0 Å². The van der Waals surface area contributed by atoms with Crippen molar-refractivity contribution in [1.29, 1.82) is 0 Å². The van der Waals surface area contributed by atoms with Crippen molar-refractivity contribution in [2.45, 2.75) is 13.3 Å². The van der Waals surface area contributed by atoms with Crippen LogP contribution in [0.15, 0.2) is 19.0 Å². The van der Waals surface area contributed by atoms with Crippen LogP contribution in [0.25, 0.3) is 0 Å². The SMILES string of the molecule is C=CCc1ncnc(C)n1. The molecule has 0 unspecified atom stereocenters. The molecule has 0 saturated heterocycles. The van der Waals surface area contributed by atoms with Gasteiger partial charge in [-0.05, 0) is 6.92 Å². The van der Waals surface area contributed by atoms with Crippen LogP contribution in [0.3, 0.4) is 0 Å². The molecule has 0 amide bonds. The molecule has 0 atom stereocenters. The van der Waals surface area contributed by atoms with Crippen LogP contribution in [-0.4, -0.2) is 15.0 Å². The Balaban J connectivity index is 2.84. The van der Waals surface area contributed by atoms with E-state index in [-0.39, 0.29) is 0 Å². The first-order valence-electron chi connectivity index (χ1n) is 3.08. The summed E-state index contributed by atoms with van der Waals surface area (Å²) in [4.78, 5) is 11.9. The number of allylic oxidation sites excluding steroid dienone is 1. The molecular formula is C7H9N3. The van der Waals surface area contributed by atoms with Gasteiger partial charge in [-0.3, -0.25) is 0 Å². The molecule has 0 aliphatic rings. The average Bonchev–Trinajstić information content (AvgIpc) is 1.88. The van der Waals surface area contributed by atoms with Crippen LogP contribution < -0.4 is 0 Å². The molecule has 0 bridgehead atoms. The lowest BCUT2D eigenvalue weighted by molar-refractivity contribution is 0.889. The zero-order chi connectivity index (χ0) is 7.40. The highest BCUT2D eigenvalue weighted by Gasteiger charge is 1.91. The van der Waals surface area contributed by atoms with Crippen LogP contribution in [-0.2, 0) is 6.42 Å². The highest BCUT2D eigenvalue weighted by molar-refractivity contribution is 4.93. The molecule has 1 aromatic heterocycles. The first-order valence-corrected chi connectivity index (χ1v) is 3.08. The van der Waals surface area contributed by atoms with E-state index in [1.54, 1.807) is 6.08 Å². The molecule has 0 aliphatic heterocycles. The number of hydrogen-bond donors (Lipinski definition) is 0. The molecule has 1 aromatic rings. The van der Waals surface area contributed by atoms with Gasteiger partial charge in [0.15, 0.2) is 0 Å². The maximum atomic E-state index is 4.07. The monoisotopic (exact) mass is 135 g/mol. The molecular weight excluding hydrogens is 126 g/mol. The van der Waals surface area contributed by atoms with E-state index in [4.69, 9.17) is 0 Å². The standard InChI is InChI=1S/C7H9N3/c1-3-4-7-9-5-8-6(2)10-7/h3,5H,1,4H2,2H3. The third-order valence-corrected chi connectivity index (χ3v) is 1.07. The van der Waals surface area contributed by atoms with E-state index < -0.39 is 0 Å². The molecule has 0 fully saturated rings. The molecule has 52 valence electrons. The maximum absolute atomic E-state index is 4.07. The Morgan fingerprint density at radius 2 is 2.40 bits per heavy atom. The molecule has 0 radical (unpaired) electrons. The molecule has 0 spiro atoms. The Hall–Kier alpha value is -1.25. The molecule has 10 heavy (non-hydrogen) atoms. The lowest BCUT2D eigenvalue weighted by atomic mass is 10.4. The fourth-order valence-corrected chi connectivity index (χ4v) is 0.651. The summed E-state index contributed by atoms with van der Waals surface area (Å²) in [7, 11) is 0. The van der Waals surface area contributed by atoms with Gasteiger partial charge in [-0.15, -0.1) is 6.58 Å². The van der Waals surface area contributed by atoms with Crippen LogP contribution in [0.5, 0.6) is 0 Å². The van der Waals surface area contributed by atoms with Crippen molar-refractivity contribution >= 4 is 0 Å². The second kappa shape index (κ2) is 3.06. The quantitative estimate of drug-likeness (QED) is 0.566. The Kier molecular flexibility index (Phi) is 2.10. The summed E-state index contributed by atoms with van der Waals surface area (Å²) in [5, 5.41) is 0. The fraction of sp³-hybridized carbons (Fsp3) is 0.286. The molecule has 1 rings (SSSR count). The van der Waals surface area contributed by atoms with Crippen molar-refractivity contribution in [2.75, 3.05) is 0 Å². The molecule has 3 nitrogen and oxygen atoms in total. The van der Waals surface area contributed by atoms with Gasteiger partial charge in [0.1, 0.15) is 18.0 Å². The summed E-state index contributed by atoms with van der Waals surface area (Å²) in [6, 6.07) is 0. The van der Waals surface area contributed by atoms with Gasteiger partial charge in [-0.25, -0.2) is 15.0 Å². The first kappa shape index (κ1) is 6.86. The third kappa shape index (κ3) is 1.62. The molecule has 0 aromatic carbocycles. The normalized spacial score (nSPS) is 9.30. The van der Waals surface area contributed by atoms with E-state index in [1.165, 1.54) is 6.33 Å². The van der Waals surface area contributed by atoms with Gasteiger partial charge in [0.25, 0.3) is 0 Å². The third-order valence-electron chi connectivity index (χ3n) is 1.07. The summed E-state index contributed by atoms with van der Waals surface area (Å²) in [6.07, 6.45) is 4.00. The minimum atomic E-state index is 0.712. The summed E-state index contributed by atoms with van der Waals surface area (Å²) < 4.78 is 0. The van der Waals surface area contributed by atoms with Gasteiger partial charge in [0.05, 0.1) is 0 Å². The summed E-state index contributed by atoms with van der Waals surface area (Å²) in [6.45, 7) is 5.43. The number of hydrogen-bond acceptors (Lipinski definition) is 3. The highest BCUT2D eigenvalue weighted by atomic mass is 15.0. The van der Waals surface area contributed by atoms with E-state index in [2.05, 4.69) is 21.5 Å². The van der Waals surface area contributed by atoms with Crippen LogP contribution in [0, 0.1) is 6.92 Å². The van der Waals surface area contributed by atoms with Crippen molar-refractivity contribution in [3.8, 4) is 0 Å². The summed E-state index contributed by atoms with van der Waals surface area (Å²) >= 11 is 0. The van der Waals surface area contributed by atoms with Crippen molar-refractivity contribution in [3.63, 3.8) is 0 Å². The predicted octanol–water partition coefficient (Wildman–Crippen LogP) is 0.909. The first-order chi connectivity index (χ1) is 4.83. The van der Waals surface area contributed by atoms with Gasteiger partial charge >= 0.3 is 0 Å². The van der Waals surface area contributed by atoms with E-state index >= 15 is 0 Å². The van der Waals surface area contributed by atoms with Gasteiger partial charge in [-0.1, -0.05) is 6.08 Å². The number of aromatic nitrogens is 3. The van der Waals surface area contributed by atoms with E-state index in [9.17, 15) is 0 Å². The second-order valence-electron chi connectivity index (χ2n) is 1.94. The Morgan fingerprint density at radius 3 is 3.00 bits per heavy atom. The lowest BCUT2D eigenvalue weighted by Gasteiger charge is -1.93. The van der Waals surface area contributed by atoms with E-state index in [0.29, 0.717) is 6.42 Å². The highest BCUT2D eigenvalue weighted by Crippen LogP contribution is 1.90. The Labute approximate surface area is 59.9 Å². The van der Waals surface area contributed by atoms with Gasteiger partial charge in [0, 0.05) is 6.42 Å². The van der Waals surface area contributed by atoms with Gasteiger partial charge in [0.2, 0.25) is 0 Å². The zero-order valence-corrected chi connectivity index (χ0v) is 5.91. The number of rotatable bonds is 2. The van der Waals surface area contributed by atoms with Crippen LogP contribution in [0.1, 0.15) is 11.6 Å². The summed E-state index contributed by atoms with van der Waals surface area (Å²) in [5.74, 6) is 1.54. The smallest absolute Gasteiger partial charge is 0.136 e. The second-order valence-corrected chi connectivity index (χ2v) is 1.94. The molecule has 3 heteroatoms. The minimum Gasteiger partial charge on any atom is -0.222 e. The van der Waals surface area contributed by atoms with Crippen LogP contribution in [0.2, 0.25) is 0 Å². The minimum absolute atomic E-state index is 0.712. The zero-order valence-electron chi connectivity index (χ0n) is 5.91. The molecule has 0 N–H and O–H groups in total. The van der Waals surface area contributed by atoms with Gasteiger partial charge in [-0.2, -0.15) is 0 Å². The topological polar surface area (TPSA) is 38.7 Å². The Bertz CT molecular complexity index is 232. The van der Waals surface area contributed by atoms with Crippen LogP contribution in [0.4, 0.5) is 0 Å². The number of nitrogens with zero attached hydrogens (tertiary/aromatic N) is 3. The van der Waals surface area contributed by atoms with Crippen molar-refractivity contribution in [2.24, 2.45) is 0 Å². The Morgan fingerprint density at radius 1 is 1.60 bits per heavy atom. The molecule has 0 aliphatic carbocycles. The lowest BCUT2D eigenvalue weighted by Crippen LogP contribution is -1.96. The van der Waals surface area contributed by atoms with E-state index in [0.717, 1.165) is 11.6 Å².